The van der Waals surface area contributed by atoms with Gasteiger partial charge >= 0.3 is 0 Å². The van der Waals surface area contributed by atoms with Crippen LogP contribution in [0.4, 0.5) is 5.69 Å². The number of anilines is 1. The summed E-state index contributed by atoms with van der Waals surface area (Å²) in [5.41, 5.74) is 10.6. The highest BCUT2D eigenvalue weighted by molar-refractivity contribution is 5.92. The number of nitrogens with zero attached hydrogens (tertiary/aromatic N) is 1. The minimum Gasteiger partial charge on any atom is -0.440 e. The number of pyridine rings is 1. The van der Waals surface area contributed by atoms with Gasteiger partial charge in [-0.15, -0.1) is 0 Å². The molecule has 108 valence electrons. The van der Waals surface area contributed by atoms with Crippen molar-refractivity contribution >= 4 is 16.8 Å². The summed E-state index contributed by atoms with van der Waals surface area (Å²) in [6.07, 6.45) is 0.661. The molecule has 0 fully saturated rings. The Bertz CT molecular complexity index is 763. The van der Waals surface area contributed by atoms with Gasteiger partial charge in [-0.1, -0.05) is 30.3 Å². The van der Waals surface area contributed by atoms with Gasteiger partial charge in [0.25, 0.3) is 0 Å². The SMILES string of the molecule is COCc1cc(C)nc2oc(Cc3ccccc3)c(N)c12. The highest BCUT2D eigenvalue weighted by Gasteiger charge is 2.17. The fourth-order valence-electron chi connectivity index (χ4n) is 2.57. The van der Waals surface area contributed by atoms with E-state index in [9.17, 15) is 0 Å². The maximum absolute atomic E-state index is 6.28. The van der Waals surface area contributed by atoms with E-state index in [-0.39, 0.29) is 0 Å². The van der Waals surface area contributed by atoms with E-state index in [1.807, 2.05) is 31.2 Å². The molecule has 0 saturated carbocycles. The molecule has 0 saturated heterocycles. The second kappa shape index (κ2) is 5.58. The van der Waals surface area contributed by atoms with E-state index in [2.05, 4.69) is 17.1 Å². The van der Waals surface area contributed by atoms with E-state index in [1.54, 1.807) is 7.11 Å². The lowest BCUT2D eigenvalue weighted by Gasteiger charge is -2.03. The molecule has 0 atom stereocenters. The van der Waals surface area contributed by atoms with Crippen molar-refractivity contribution in [3.05, 3.63) is 59.0 Å². The molecule has 0 aliphatic heterocycles. The smallest absolute Gasteiger partial charge is 0.229 e. The van der Waals surface area contributed by atoms with Crippen molar-refractivity contribution < 1.29 is 9.15 Å². The summed E-state index contributed by atoms with van der Waals surface area (Å²) >= 11 is 0. The first-order valence-corrected chi connectivity index (χ1v) is 6.89. The third-order valence-corrected chi connectivity index (χ3v) is 3.49. The Hall–Kier alpha value is -2.33. The zero-order valence-electron chi connectivity index (χ0n) is 12.2. The number of rotatable bonds is 4. The van der Waals surface area contributed by atoms with Crippen molar-refractivity contribution in [3.63, 3.8) is 0 Å². The van der Waals surface area contributed by atoms with Crippen LogP contribution < -0.4 is 5.73 Å². The number of methoxy groups -OCH3 is 1. The number of hydrogen-bond acceptors (Lipinski definition) is 4. The monoisotopic (exact) mass is 282 g/mol. The van der Waals surface area contributed by atoms with Gasteiger partial charge < -0.3 is 14.9 Å². The number of aryl methyl sites for hydroxylation is 1. The van der Waals surface area contributed by atoms with E-state index < -0.39 is 0 Å². The van der Waals surface area contributed by atoms with Crippen LogP contribution in [0.5, 0.6) is 0 Å². The van der Waals surface area contributed by atoms with E-state index in [0.717, 1.165) is 28.0 Å². The Morgan fingerprint density at radius 2 is 2.00 bits per heavy atom. The predicted octanol–water partition coefficient (Wildman–Crippen LogP) is 3.46. The highest BCUT2D eigenvalue weighted by atomic mass is 16.5. The summed E-state index contributed by atoms with van der Waals surface area (Å²) in [4.78, 5) is 4.44. The zero-order chi connectivity index (χ0) is 14.8. The second-order valence-corrected chi connectivity index (χ2v) is 5.14. The molecule has 0 radical (unpaired) electrons. The average Bonchev–Trinajstić information content (AvgIpc) is 2.76. The summed E-state index contributed by atoms with van der Waals surface area (Å²) in [6, 6.07) is 12.1. The standard InChI is InChI=1S/C17H18N2O2/c1-11-8-13(10-20-2)15-16(18)14(21-17(15)19-11)9-12-6-4-3-5-7-12/h3-8H,9-10,18H2,1-2H3. The molecule has 0 unspecified atom stereocenters. The van der Waals surface area contributed by atoms with Crippen LogP contribution >= 0.6 is 0 Å². The molecule has 2 aromatic heterocycles. The summed E-state index contributed by atoms with van der Waals surface area (Å²) in [6.45, 7) is 2.43. The summed E-state index contributed by atoms with van der Waals surface area (Å²) < 4.78 is 11.1. The van der Waals surface area contributed by atoms with Crippen molar-refractivity contribution in [1.29, 1.82) is 0 Å². The molecule has 0 aliphatic rings. The first kappa shape index (κ1) is 13.6. The lowest BCUT2D eigenvalue weighted by atomic mass is 10.1. The predicted molar refractivity (Wildman–Crippen MR) is 83.1 cm³/mol. The second-order valence-electron chi connectivity index (χ2n) is 5.14. The molecule has 0 bridgehead atoms. The molecular weight excluding hydrogens is 264 g/mol. The van der Waals surface area contributed by atoms with Crippen molar-refractivity contribution in [2.24, 2.45) is 0 Å². The van der Waals surface area contributed by atoms with Crippen LogP contribution in [0.3, 0.4) is 0 Å². The topological polar surface area (TPSA) is 61.3 Å². The van der Waals surface area contributed by atoms with Crippen molar-refractivity contribution in [2.75, 3.05) is 12.8 Å². The van der Waals surface area contributed by atoms with Crippen LogP contribution in [0.2, 0.25) is 0 Å². The number of fused-ring (bicyclic) bond motifs is 1. The molecular formula is C17H18N2O2. The molecule has 21 heavy (non-hydrogen) atoms. The maximum Gasteiger partial charge on any atom is 0.229 e. The molecule has 2 heterocycles. The Morgan fingerprint density at radius 1 is 1.24 bits per heavy atom. The lowest BCUT2D eigenvalue weighted by Crippen LogP contribution is -1.96. The number of hydrogen-bond donors (Lipinski definition) is 1. The highest BCUT2D eigenvalue weighted by Crippen LogP contribution is 2.32. The molecule has 1 aromatic carbocycles. The summed E-state index contributed by atoms with van der Waals surface area (Å²) in [7, 11) is 1.67. The Balaban J connectivity index is 2.09. The minimum absolute atomic E-state index is 0.494. The summed E-state index contributed by atoms with van der Waals surface area (Å²) in [5, 5.41) is 0.869. The van der Waals surface area contributed by atoms with Gasteiger partial charge in [0.15, 0.2) is 0 Å². The molecule has 4 nitrogen and oxygen atoms in total. The number of nitrogens with two attached hydrogens (primary N) is 1. The lowest BCUT2D eigenvalue weighted by molar-refractivity contribution is 0.186. The third kappa shape index (κ3) is 2.62. The van der Waals surface area contributed by atoms with Gasteiger partial charge in [-0.2, -0.15) is 0 Å². The first-order chi connectivity index (χ1) is 10.2. The third-order valence-electron chi connectivity index (χ3n) is 3.49. The number of ether oxygens (including phenoxy) is 1. The van der Waals surface area contributed by atoms with E-state index in [1.165, 1.54) is 0 Å². The molecule has 0 amide bonds. The molecule has 3 rings (SSSR count). The maximum atomic E-state index is 6.28. The van der Waals surface area contributed by atoms with Crippen LogP contribution in [0.1, 0.15) is 22.6 Å². The van der Waals surface area contributed by atoms with E-state index >= 15 is 0 Å². The first-order valence-electron chi connectivity index (χ1n) is 6.89. The van der Waals surface area contributed by atoms with E-state index in [4.69, 9.17) is 14.9 Å². The molecule has 0 aliphatic carbocycles. The van der Waals surface area contributed by atoms with Crippen molar-refractivity contribution in [3.8, 4) is 0 Å². The van der Waals surface area contributed by atoms with Crippen LogP contribution in [-0.4, -0.2) is 12.1 Å². The molecule has 3 aromatic rings. The van der Waals surface area contributed by atoms with Crippen LogP contribution in [0.25, 0.3) is 11.1 Å². The van der Waals surface area contributed by atoms with Gasteiger partial charge in [0.2, 0.25) is 5.71 Å². The number of benzene rings is 1. The fourth-order valence-corrected chi connectivity index (χ4v) is 2.57. The normalized spacial score (nSPS) is 11.1. The van der Waals surface area contributed by atoms with Gasteiger partial charge in [0.1, 0.15) is 5.76 Å². The Morgan fingerprint density at radius 3 is 2.71 bits per heavy atom. The number of furan rings is 1. The van der Waals surface area contributed by atoms with Crippen molar-refractivity contribution in [2.45, 2.75) is 20.0 Å². The minimum atomic E-state index is 0.494. The van der Waals surface area contributed by atoms with Crippen LogP contribution in [0, 0.1) is 6.92 Å². The Labute approximate surface area is 123 Å². The van der Waals surface area contributed by atoms with Crippen LogP contribution in [0.15, 0.2) is 40.8 Å². The quantitative estimate of drug-likeness (QED) is 0.796. The largest absolute Gasteiger partial charge is 0.440 e. The van der Waals surface area contributed by atoms with Gasteiger partial charge in [0.05, 0.1) is 17.7 Å². The van der Waals surface area contributed by atoms with Gasteiger partial charge in [-0.05, 0) is 24.1 Å². The Kier molecular flexibility index (Phi) is 3.62. The summed E-state index contributed by atoms with van der Waals surface area (Å²) in [5.74, 6) is 0.756. The molecule has 4 heteroatoms. The van der Waals surface area contributed by atoms with Gasteiger partial charge in [-0.25, -0.2) is 4.98 Å². The van der Waals surface area contributed by atoms with Crippen molar-refractivity contribution in [1.82, 2.24) is 4.98 Å². The van der Waals surface area contributed by atoms with Gasteiger partial charge in [-0.3, -0.25) is 0 Å². The van der Waals surface area contributed by atoms with Crippen LogP contribution in [-0.2, 0) is 17.8 Å². The number of nitrogen functional groups attached to an aromatic ring is 1. The average molecular weight is 282 g/mol. The van der Waals surface area contributed by atoms with E-state index in [0.29, 0.717) is 24.4 Å². The zero-order valence-corrected chi connectivity index (χ0v) is 12.2. The molecule has 0 spiro atoms. The fraction of sp³-hybridized carbons (Fsp3) is 0.235. The molecule has 2 N–H and O–H groups in total. The number of aromatic nitrogens is 1. The van der Waals surface area contributed by atoms with Gasteiger partial charge in [0, 0.05) is 19.2 Å².